The molecule has 0 aromatic rings. The van der Waals surface area contributed by atoms with E-state index in [4.69, 9.17) is 31.8 Å². The molecule has 10 nitrogen and oxygen atoms in total. The van der Waals surface area contributed by atoms with Gasteiger partial charge in [-0.15, -0.1) is 12.8 Å². The van der Waals surface area contributed by atoms with Crippen LogP contribution in [0.4, 0.5) is 9.59 Å². The number of carbonyl (C=O) groups is 4. The Hall–Kier alpha value is -3.92. The molecule has 0 aliphatic carbocycles. The standard InChI is InChI=1S/C18H18O10/c1-5-9-23-15(19)13(27-17(21)25-11-7-3)14(16(20)24-10-6-2)28-18(22)26-12-8-4/h3-6,13-14H,1-2,9-12H2. The van der Waals surface area contributed by atoms with Crippen molar-refractivity contribution in [1.82, 2.24) is 0 Å². The molecular formula is C18H18O10. The lowest BCUT2D eigenvalue weighted by atomic mass is 10.2. The first-order valence-electron chi connectivity index (χ1n) is 7.50. The zero-order valence-electron chi connectivity index (χ0n) is 14.8. The fourth-order valence-corrected chi connectivity index (χ4v) is 1.39. The van der Waals surface area contributed by atoms with E-state index >= 15 is 0 Å². The third-order valence-corrected chi connectivity index (χ3v) is 2.42. The molecule has 0 bridgehead atoms. The van der Waals surface area contributed by atoms with E-state index in [0.29, 0.717) is 0 Å². The molecule has 0 fully saturated rings. The fraction of sp³-hybridized carbons (Fsp3) is 0.333. The van der Waals surface area contributed by atoms with Crippen LogP contribution >= 0.6 is 0 Å². The van der Waals surface area contributed by atoms with Gasteiger partial charge in [-0.25, -0.2) is 19.2 Å². The summed E-state index contributed by atoms with van der Waals surface area (Å²) in [5.74, 6) is 1.46. The van der Waals surface area contributed by atoms with Crippen molar-refractivity contribution >= 4 is 24.2 Å². The minimum atomic E-state index is -2.10. The maximum Gasteiger partial charge on any atom is 0.510 e. The molecule has 0 aromatic carbocycles. The van der Waals surface area contributed by atoms with E-state index < -0.39 is 49.7 Å². The second kappa shape index (κ2) is 14.3. The molecule has 0 aliphatic heterocycles. The minimum Gasteiger partial charge on any atom is -0.459 e. The van der Waals surface area contributed by atoms with Crippen molar-refractivity contribution in [2.75, 3.05) is 26.4 Å². The lowest BCUT2D eigenvalue weighted by Crippen LogP contribution is -2.47. The Morgan fingerprint density at radius 3 is 1.39 bits per heavy atom. The molecule has 2 unspecified atom stereocenters. The van der Waals surface area contributed by atoms with Crippen molar-refractivity contribution in [3.05, 3.63) is 25.3 Å². The van der Waals surface area contributed by atoms with Gasteiger partial charge in [0.1, 0.15) is 13.2 Å². The van der Waals surface area contributed by atoms with Crippen LogP contribution in [-0.2, 0) is 38.0 Å². The number of terminal acetylenes is 2. The highest BCUT2D eigenvalue weighted by molar-refractivity contribution is 5.88. The molecule has 28 heavy (non-hydrogen) atoms. The molecule has 0 saturated heterocycles. The summed E-state index contributed by atoms with van der Waals surface area (Å²) in [6, 6.07) is 0. The van der Waals surface area contributed by atoms with Gasteiger partial charge in [0.2, 0.25) is 12.2 Å². The smallest absolute Gasteiger partial charge is 0.459 e. The fourth-order valence-electron chi connectivity index (χ4n) is 1.39. The Morgan fingerprint density at radius 1 is 0.750 bits per heavy atom. The Bertz CT molecular complexity index is 609. The summed E-state index contributed by atoms with van der Waals surface area (Å²) in [6.45, 7) is 5.12. The maximum atomic E-state index is 12.2. The lowest BCUT2D eigenvalue weighted by Gasteiger charge is -2.23. The van der Waals surface area contributed by atoms with Gasteiger partial charge in [0.05, 0.1) is 0 Å². The van der Waals surface area contributed by atoms with Crippen LogP contribution in [0.5, 0.6) is 0 Å². The molecule has 0 heterocycles. The third-order valence-electron chi connectivity index (χ3n) is 2.42. The van der Waals surface area contributed by atoms with E-state index in [1.54, 1.807) is 0 Å². The monoisotopic (exact) mass is 394 g/mol. The second-order valence-electron chi connectivity index (χ2n) is 4.40. The third kappa shape index (κ3) is 9.53. The number of carbonyl (C=O) groups excluding carboxylic acids is 4. The number of hydrogen-bond acceptors (Lipinski definition) is 10. The first-order chi connectivity index (χ1) is 13.4. The molecule has 2 atom stereocenters. The van der Waals surface area contributed by atoms with Crippen molar-refractivity contribution < 1.29 is 47.6 Å². The highest BCUT2D eigenvalue weighted by Gasteiger charge is 2.43. The van der Waals surface area contributed by atoms with Gasteiger partial charge in [0.25, 0.3) is 0 Å². The van der Waals surface area contributed by atoms with E-state index in [1.165, 1.54) is 12.2 Å². The SMILES string of the molecule is C#CCOC(=O)OC(C(=O)OCC=C)C(OC(=O)OCC#C)C(=O)OCC=C. The summed E-state index contributed by atoms with van der Waals surface area (Å²) in [5.41, 5.74) is 0. The molecule has 0 aliphatic rings. The van der Waals surface area contributed by atoms with Crippen molar-refractivity contribution in [3.8, 4) is 24.7 Å². The molecule has 0 rings (SSSR count). The summed E-state index contributed by atoms with van der Waals surface area (Å²) in [7, 11) is 0. The molecule has 0 radical (unpaired) electrons. The largest absolute Gasteiger partial charge is 0.510 e. The quantitative estimate of drug-likeness (QED) is 0.215. The van der Waals surface area contributed by atoms with E-state index in [2.05, 4.69) is 22.6 Å². The van der Waals surface area contributed by atoms with Crippen LogP contribution in [0.15, 0.2) is 25.3 Å². The molecule has 0 saturated carbocycles. The number of esters is 2. The predicted molar refractivity (Wildman–Crippen MR) is 92.4 cm³/mol. The van der Waals surface area contributed by atoms with Crippen molar-refractivity contribution in [2.24, 2.45) is 0 Å². The summed E-state index contributed by atoms with van der Waals surface area (Å²) in [5, 5.41) is 0. The first-order valence-corrected chi connectivity index (χ1v) is 7.50. The topological polar surface area (TPSA) is 124 Å². The molecule has 0 N–H and O–H groups in total. The number of ether oxygens (including phenoxy) is 6. The molecule has 10 heteroatoms. The van der Waals surface area contributed by atoms with Gasteiger partial charge < -0.3 is 28.4 Å². The van der Waals surface area contributed by atoms with E-state index in [-0.39, 0.29) is 13.2 Å². The van der Waals surface area contributed by atoms with E-state index in [0.717, 1.165) is 0 Å². The average molecular weight is 394 g/mol. The van der Waals surface area contributed by atoms with Crippen LogP contribution < -0.4 is 0 Å². The van der Waals surface area contributed by atoms with Crippen molar-refractivity contribution in [1.29, 1.82) is 0 Å². The van der Waals surface area contributed by atoms with E-state index in [9.17, 15) is 19.2 Å². The minimum absolute atomic E-state index is 0.298. The molecule has 0 amide bonds. The highest BCUT2D eigenvalue weighted by Crippen LogP contribution is 2.12. The average Bonchev–Trinajstić information content (AvgIpc) is 2.69. The van der Waals surface area contributed by atoms with Gasteiger partial charge in [0, 0.05) is 0 Å². The summed E-state index contributed by atoms with van der Waals surface area (Å²) >= 11 is 0. The maximum absolute atomic E-state index is 12.2. The Morgan fingerprint density at radius 2 is 1.11 bits per heavy atom. The van der Waals surface area contributed by atoms with Gasteiger partial charge in [-0.1, -0.05) is 37.2 Å². The van der Waals surface area contributed by atoms with Gasteiger partial charge in [-0.3, -0.25) is 0 Å². The van der Waals surface area contributed by atoms with E-state index in [1.807, 2.05) is 11.8 Å². The van der Waals surface area contributed by atoms with Crippen LogP contribution in [0.1, 0.15) is 0 Å². The Labute approximate surface area is 161 Å². The molecular weight excluding hydrogens is 376 g/mol. The van der Waals surface area contributed by atoms with Gasteiger partial charge in [-0.05, 0) is 0 Å². The Kier molecular flexibility index (Phi) is 12.3. The van der Waals surface area contributed by atoms with Gasteiger partial charge >= 0.3 is 24.2 Å². The lowest BCUT2D eigenvalue weighted by molar-refractivity contribution is -0.175. The molecule has 150 valence electrons. The zero-order chi connectivity index (χ0) is 21.4. The van der Waals surface area contributed by atoms with Crippen LogP contribution in [0.25, 0.3) is 0 Å². The van der Waals surface area contributed by atoms with Gasteiger partial charge in [-0.2, -0.15) is 0 Å². The second-order valence-corrected chi connectivity index (χ2v) is 4.40. The summed E-state index contributed by atoms with van der Waals surface area (Å²) in [4.78, 5) is 47.7. The van der Waals surface area contributed by atoms with Gasteiger partial charge in [0.15, 0.2) is 13.2 Å². The van der Waals surface area contributed by atoms with Crippen LogP contribution in [0, 0.1) is 24.7 Å². The predicted octanol–water partition coefficient (Wildman–Crippen LogP) is 0.755. The normalized spacial score (nSPS) is 11.2. The van der Waals surface area contributed by atoms with Crippen LogP contribution in [0.2, 0.25) is 0 Å². The molecule has 0 spiro atoms. The van der Waals surface area contributed by atoms with Crippen molar-refractivity contribution in [3.63, 3.8) is 0 Å². The Balaban J connectivity index is 5.60. The highest BCUT2D eigenvalue weighted by atomic mass is 16.8. The zero-order valence-corrected chi connectivity index (χ0v) is 14.8. The first kappa shape index (κ1) is 24.1. The number of rotatable bonds is 11. The number of hydrogen-bond donors (Lipinski definition) is 0. The summed E-state index contributed by atoms with van der Waals surface area (Å²) in [6.07, 6.45) is 5.24. The summed E-state index contributed by atoms with van der Waals surface area (Å²) < 4.78 is 27.8. The van der Waals surface area contributed by atoms with Crippen molar-refractivity contribution in [2.45, 2.75) is 12.2 Å². The molecule has 0 aromatic heterocycles. The van der Waals surface area contributed by atoms with Crippen LogP contribution in [-0.4, -0.2) is 62.9 Å². The van der Waals surface area contributed by atoms with Crippen LogP contribution in [0.3, 0.4) is 0 Å².